The van der Waals surface area contributed by atoms with Crippen LogP contribution in [-0.2, 0) is 20.1 Å². The summed E-state index contributed by atoms with van der Waals surface area (Å²) in [5.41, 5.74) is 4.45. The number of rotatable bonds is 2. The molecule has 0 amide bonds. The Bertz CT molecular complexity index is 588. The standard InChI is InChI=1S/C16H13N2.Ir/c1-13-16(14-8-4-2-5-9-14)12-17-18(13)15-10-6-3-7-11-15;/h2-10,12H,1H3;/q-1;. The van der Waals surface area contributed by atoms with Crippen LogP contribution in [-0.4, -0.2) is 9.78 Å². The van der Waals surface area contributed by atoms with Crippen molar-refractivity contribution in [3.8, 4) is 16.8 Å². The molecule has 1 aromatic heterocycles. The molecule has 0 saturated carbocycles. The molecule has 3 heteroatoms. The van der Waals surface area contributed by atoms with Crippen molar-refractivity contribution in [1.82, 2.24) is 9.78 Å². The summed E-state index contributed by atoms with van der Waals surface area (Å²) in [5.74, 6) is 0. The van der Waals surface area contributed by atoms with Crippen LogP contribution in [0.5, 0.6) is 0 Å². The van der Waals surface area contributed by atoms with Crippen molar-refractivity contribution < 1.29 is 20.1 Å². The summed E-state index contributed by atoms with van der Waals surface area (Å²) in [7, 11) is 0. The first-order chi connectivity index (χ1) is 8.86. The minimum atomic E-state index is 0. The van der Waals surface area contributed by atoms with Gasteiger partial charge in [0, 0.05) is 31.4 Å². The van der Waals surface area contributed by atoms with Gasteiger partial charge in [0.25, 0.3) is 0 Å². The minimum Gasteiger partial charge on any atom is -0.262 e. The topological polar surface area (TPSA) is 17.8 Å². The summed E-state index contributed by atoms with van der Waals surface area (Å²) in [6.45, 7) is 2.08. The number of para-hydroxylation sites is 1. The van der Waals surface area contributed by atoms with Crippen molar-refractivity contribution in [2.24, 2.45) is 0 Å². The molecule has 97 valence electrons. The molecule has 19 heavy (non-hydrogen) atoms. The van der Waals surface area contributed by atoms with E-state index in [1.165, 1.54) is 5.56 Å². The fraction of sp³-hybridized carbons (Fsp3) is 0.0625. The molecule has 0 aliphatic heterocycles. The van der Waals surface area contributed by atoms with E-state index in [1.54, 1.807) is 0 Å². The van der Waals surface area contributed by atoms with Crippen molar-refractivity contribution in [1.29, 1.82) is 0 Å². The van der Waals surface area contributed by atoms with Crippen LogP contribution in [0.25, 0.3) is 16.8 Å². The molecular weight excluding hydrogens is 412 g/mol. The first kappa shape index (κ1) is 13.7. The Hall–Kier alpha value is -1.70. The fourth-order valence-electron chi connectivity index (χ4n) is 2.07. The SMILES string of the molecule is Cc1c(-c2ccccc2)cnn1-c1[c-]cccc1.[Ir]. The Kier molecular flexibility index (Phi) is 4.31. The van der Waals surface area contributed by atoms with Gasteiger partial charge in [0.1, 0.15) is 0 Å². The third-order valence-corrected chi connectivity index (χ3v) is 3.02. The molecule has 0 N–H and O–H groups in total. The van der Waals surface area contributed by atoms with Gasteiger partial charge in [-0.3, -0.25) is 4.68 Å². The van der Waals surface area contributed by atoms with E-state index in [9.17, 15) is 0 Å². The van der Waals surface area contributed by atoms with Crippen molar-refractivity contribution in [3.63, 3.8) is 0 Å². The number of hydrogen-bond acceptors (Lipinski definition) is 1. The summed E-state index contributed by atoms with van der Waals surface area (Å²) in [4.78, 5) is 0. The largest absolute Gasteiger partial charge is 0.262 e. The molecule has 0 aliphatic carbocycles. The van der Waals surface area contributed by atoms with Crippen LogP contribution >= 0.6 is 0 Å². The van der Waals surface area contributed by atoms with Gasteiger partial charge < -0.3 is 0 Å². The van der Waals surface area contributed by atoms with E-state index >= 15 is 0 Å². The van der Waals surface area contributed by atoms with E-state index < -0.39 is 0 Å². The maximum absolute atomic E-state index is 4.45. The molecule has 0 atom stereocenters. The predicted octanol–water partition coefficient (Wildman–Crippen LogP) is 3.65. The molecule has 3 aromatic rings. The van der Waals surface area contributed by atoms with Crippen LogP contribution in [0.2, 0.25) is 0 Å². The third-order valence-electron chi connectivity index (χ3n) is 3.02. The van der Waals surface area contributed by atoms with E-state index in [2.05, 4.69) is 30.2 Å². The molecule has 3 rings (SSSR count). The molecule has 0 spiro atoms. The summed E-state index contributed by atoms with van der Waals surface area (Å²) in [5, 5.41) is 4.45. The Morgan fingerprint density at radius 1 is 1.00 bits per heavy atom. The van der Waals surface area contributed by atoms with Gasteiger partial charge in [-0.05, 0) is 18.2 Å². The number of aromatic nitrogens is 2. The summed E-state index contributed by atoms with van der Waals surface area (Å²) in [6, 6.07) is 21.4. The van der Waals surface area contributed by atoms with Crippen molar-refractivity contribution >= 4 is 0 Å². The van der Waals surface area contributed by atoms with Gasteiger partial charge in [-0.1, -0.05) is 30.3 Å². The van der Waals surface area contributed by atoms with Crippen molar-refractivity contribution in [2.75, 3.05) is 0 Å². The Morgan fingerprint density at radius 2 is 1.74 bits per heavy atom. The normalized spacial score (nSPS) is 9.95. The maximum Gasteiger partial charge on any atom is 0.0574 e. The second kappa shape index (κ2) is 5.96. The molecule has 0 fully saturated rings. The van der Waals surface area contributed by atoms with Gasteiger partial charge >= 0.3 is 0 Å². The van der Waals surface area contributed by atoms with Crippen LogP contribution in [0, 0.1) is 13.0 Å². The fourth-order valence-corrected chi connectivity index (χ4v) is 2.07. The second-order valence-electron chi connectivity index (χ2n) is 4.17. The van der Waals surface area contributed by atoms with E-state index in [-0.39, 0.29) is 20.1 Å². The number of hydrogen-bond donors (Lipinski definition) is 0. The average Bonchev–Trinajstić information content (AvgIpc) is 2.83. The summed E-state index contributed by atoms with van der Waals surface area (Å²) in [6.07, 6.45) is 1.91. The molecule has 1 radical (unpaired) electrons. The molecule has 0 aliphatic rings. The van der Waals surface area contributed by atoms with Crippen LogP contribution < -0.4 is 0 Å². The Balaban J connectivity index is 0.00000133. The zero-order valence-corrected chi connectivity index (χ0v) is 12.9. The van der Waals surface area contributed by atoms with E-state index in [0.717, 1.165) is 16.9 Å². The van der Waals surface area contributed by atoms with Gasteiger partial charge in [0.2, 0.25) is 0 Å². The maximum atomic E-state index is 4.45. The van der Waals surface area contributed by atoms with Crippen LogP contribution in [0.3, 0.4) is 0 Å². The Labute approximate surface area is 126 Å². The van der Waals surface area contributed by atoms with Crippen LogP contribution in [0.1, 0.15) is 5.69 Å². The van der Waals surface area contributed by atoms with Gasteiger partial charge in [-0.2, -0.15) is 29.4 Å². The molecule has 0 saturated heterocycles. The van der Waals surface area contributed by atoms with Gasteiger partial charge in [0.05, 0.1) is 6.20 Å². The zero-order valence-electron chi connectivity index (χ0n) is 10.5. The van der Waals surface area contributed by atoms with Crippen molar-refractivity contribution in [2.45, 2.75) is 6.92 Å². The monoisotopic (exact) mass is 426 g/mol. The second-order valence-corrected chi connectivity index (χ2v) is 4.17. The van der Waals surface area contributed by atoms with Gasteiger partial charge in [0.15, 0.2) is 0 Å². The molecule has 2 aromatic carbocycles. The molecule has 0 bridgehead atoms. The Morgan fingerprint density at radius 3 is 2.42 bits per heavy atom. The van der Waals surface area contributed by atoms with Gasteiger partial charge in [-0.15, -0.1) is 6.07 Å². The first-order valence-electron chi connectivity index (χ1n) is 5.93. The average molecular weight is 426 g/mol. The van der Waals surface area contributed by atoms with Crippen LogP contribution in [0.15, 0.2) is 60.8 Å². The zero-order chi connectivity index (χ0) is 12.4. The van der Waals surface area contributed by atoms with Crippen LogP contribution in [0.4, 0.5) is 0 Å². The van der Waals surface area contributed by atoms with Crippen molar-refractivity contribution in [3.05, 3.63) is 72.6 Å². The van der Waals surface area contributed by atoms with E-state index in [1.807, 2.05) is 53.3 Å². The van der Waals surface area contributed by atoms with E-state index in [0.29, 0.717) is 0 Å². The number of nitrogens with zero attached hydrogens (tertiary/aromatic N) is 2. The quantitative estimate of drug-likeness (QED) is 0.573. The van der Waals surface area contributed by atoms with E-state index in [4.69, 9.17) is 0 Å². The summed E-state index contributed by atoms with van der Waals surface area (Å²) >= 11 is 0. The molecule has 1 heterocycles. The van der Waals surface area contributed by atoms with Gasteiger partial charge in [-0.25, -0.2) is 0 Å². The molecule has 0 unspecified atom stereocenters. The number of benzene rings is 2. The smallest absolute Gasteiger partial charge is 0.0574 e. The minimum absolute atomic E-state index is 0. The third kappa shape index (κ3) is 2.67. The predicted molar refractivity (Wildman–Crippen MR) is 72.6 cm³/mol. The molecular formula is C16H13IrN2-. The molecule has 2 nitrogen and oxygen atoms in total. The summed E-state index contributed by atoms with van der Waals surface area (Å²) < 4.78 is 1.92. The first-order valence-corrected chi connectivity index (χ1v) is 5.93.